The van der Waals surface area contributed by atoms with Crippen molar-refractivity contribution in [3.63, 3.8) is 0 Å². The number of nitrogens with zero attached hydrogens (tertiary/aromatic N) is 3. The maximum Gasteiger partial charge on any atom is 0.155 e. The van der Waals surface area contributed by atoms with E-state index >= 15 is 0 Å². The Bertz CT molecular complexity index is 3190. The predicted molar refractivity (Wildman–Crippen MR) is 247 cm³/mol. The minimum absolute atomic E-state index is 0.0550. The lowest BCUT2D eigenvalue weighted by Gasteiger charge is -2.48. The Labute approximate surface area is 345 Å². The van der Waals surface area contributed by atoms with Gasteiger partial charge in [0.25, 0.3) is 0 Å². The number of para-hydroxylation sites is 2. The van der Waals surface area contributed by atoms with Gasteiger partial charge in [-0.25, -0.2) is 4.99 Å². The van der Waals surface area contributed by atoms with Gasteiger partial charge in [0.15, 0.2) is 5.84 Å². The van der Waals surface area contributed by atoms with Crippen LogP contribution in [0.4, 0.5) is 0 Å². The number of hydrogen-bond acceptors (Lipinski definition) is 3. The Hall–Kier alpha value is -6.52. The molecule has 0 N–H and O–H groups in total. The number of benzene rings is 7. The maximum atomic E-state index is 6.38. The van der Waals surface area contributed by atoms with Gasteiger partial charge in [0.05, 0.1) is 22.8 Å². The molecule has 9 aromatic rings. The number of rotatable bonds is 5. The Morgan fingerprint density at radius 3 is 2.14 bits per heavy atom. The van der Waals surface area contributed by atoms with Gasteiger partial charge in [-0.1, -0.05) is 156 Å². The number of fused-ring (bicyclic) bond motifs is 9. The summed E-state index contributed by atoms with van der Waals surface area (Å²) in [5.74, 6) is 0.983. The molecular formula is C55H47N3O. The van der Waals surface area contributed by atoms with Crippen molar-refractivity contribution in [1.82, 2.24) is 4.57 Å². The van der Waals surface area contributed by atoms with Crippen LogP contribution in [0.3, 0.4) is 0 Å². The van der Waals surface area contributed by atoms with Crippen molar-refractivity contribution in [3.8, 4) is 16.8 Å². The molecule has 0 amide bonds. The molecule has 2 aliphatic rings. The van der Waals surface area contributed by atoms with E-state index in [1.54, 1.807) is 0 Å². The van der Waals surface area contributed by atoms with Crippen LogP contribution in [0, 0.1) is 5.92 Å². The van der Waals surface area contributed by atoms with Gasteiger partial charge in [-0.15, -0.1) is 0 Å². The molecular weight excluding hydrogens is 719 g/mol. The predicted octanol–water partition coefficient (Wildman–Crippen LogP) is 14.3. The van der Waals surface area contributed by atoms with Crippen molar-refractivity contribution < 1.29 is 4.42 Å². The van der Waals surface area contributed by atoms with Crippen molar-refractivity contribution in [2.45, 2.75) is 64.3 Å². The van der Waals surface area contributed by atoms with Crippen molar-refractivity contribution >= 4 is 55.3 Å². The Balaban J connectivity index is 1.08. The molecule has 7 aromatic carbocycles. The number of aromatic nitrogens is 1. The third-order valence-electron chi connectivity index (χ3n) is 14.1. The van der Waals surface area contributed by atoms with Crippen molar-refractivity contribution in [2.24, 2.45) is 15.9 Å². The molecule has 2 aromatic heterocycles. The number of amidine groups is 1. The molecule has 11 rings (SSSR count). The molecule has 2 atom stereocenters. The lowest BCUT2D eigenvalue weighted by Crippen LogP contribution is -2.43. The van der Waals surface area contributed by atoms with E-state index in [2.05, 4.69) is 191 Å². The molecule has 1 aliphatic carbocycles. The molecule has 0 saturated carbocycles. The molecule has 0 radical (unpaired) electrons. The average molecular weight is 766 g/mol. The minimum atomic E-state index is -0.106. The first-order chi connectivity index (χ1) is 28.7. The van der Waals surface area contributed by atoms with Gasteiger partial charge in [-0.2, -0.15) is 0 Å². The highest BCUT2D eigenvalue weighted by atomic mass is 16.3. The molecule has 2 unspecified atom stereocenters. The van der Waals surface area contributed by atoms with Gasteiger partial charge in [-0.05, 0) is 99.0 Å². The third-order valence-corrected chi connectivity index (χ3v) is 14.1. The highest BCUT2D eigenvalue weighted by Gasteiger charge is 2.46. The largest absolute Gasteiger partial charge is 0.456 e. The summed E-state index contributed by atoms with van der Waals surface area (Å²) in [5, 5.41) is 4.81. The van der Waals surface area contributed by atoms with Crippen molar-refractivity contribution in [1.29, 1.82) is 0 Å². The van der Waals surface area contributed by atoms with Gasteiger partial charge in [-0.3, -0.25) is 4.99 Å². The van der Waals surface area contributed by atoms with Crippen LogP contribution in [0.25, 0.3) is 60.6 Å². The molecule has 3 heterocycles. The van der Waals surface area contributed by atoms with Crippen LogP contribution in [0.2, 0.25) is 0 Å². The first-order valence-corrected chi connectivity index (χ1v) is 21.1. The summed E-state index contributed by atoms with van der Waals surface area (Å²) in [7, 11) is 0. The van der Waals surface area contributed by atoms with E-state index in [9.17, 15) is 0 Å². The summed E-state index contributed by atoms with van der Waals surface area (Å²) in [6.45, 7) is 11.9. The fourth-order valence-electron chi connectivity index (χ4n) is 10.2. The molecule has 288 valence electrons. The highest BCUT2D eigenvalue weighted by molar-refractivity contribution is 6.15. The molecule has 4 heteroatoms. The van der Waals surface area contributed by atoms with E-state index in [1.165, 1.54) is 49.6 Å². The topological polar surface area (TPSA) is 42.8 Å². The zero-order valence-electron chi connectivity index (χ0n) is 34.3. The molecule has 0 spiro atoms. The standard InChI is InChI=1S/C55H47N3O/c1-6-34-31-46(56-53(35-18-8-7-9-19-35)57-52(34)41-25-17-29-50-51(41)40-24-12-15-28-49(40)59-50)36-20-16-21-37(30-36)58-47-27-14-11-23-39(47)43-32-42-38-22-10-13-26-44(38)54(2,3)55(4,5)45(42)33-48(43)58/h7-30,32-34,52H,6,31H2,1-5H3. The van der Waals surface area contributed by atoms with Crippen LogP contribution >= 0.6 is 0 Å². The Kier molecular flexibility index (Phi) is 8.00. The summed E-state index contributed by atoms with van der Waals surface area (Å²) in [5.41, 5.74) is 15.1. The maximum absolute atomic E-state index is 6.38. The van der Waals surface area contributed by atoms with Crippen LogP contribution in [0.15, 0.2) is 172 Å². The number of hydrogen-bond donors (Lipinski definition) is 0. The fourth-order valence-corrected chi connectivity index (χ4v) is 10.2. The fraction of sp³-hybridized carbons (Fsp3) is 0.200. The van der Waals surface area contributed by atoms with Gasteiger partial charge >= 0.3 is 0 Å². The lowest BCUT2D eigenvalue weighted by atomic mass is 9.55. The van der Waals surface area contributed by atoms with E-state index in [1.807, 2.05) is 6.07 Å². The Morgan fingerprint density at radius 2 is 1.29 bits per heavy atom. The summed E-state index contributed by atoms with van der Waals surface area (Å²) in [4.78, 5) is 11.1. The van der Waals surface area contributed by atoms with E-state index in [0.717, 1.165) is 63.1 Å². The Morgan fingerprint density at radius 1 is 0.593 bits per heavy atom. The molecule has 0 fully saturated rings. The van der Waals surface area contributed by atoms with Crippen LogP contribution in [-0.2, 0) is 10.8 Å². The zero-order valence-corrected chi connectivity index (χ0v) is 34.3. The van der Waals surface area contributed by atoms with E-state index in [0.29, 0.717) is 0 Å². The van der Waals surface area contributed by atoms with Gasteiger partial charge in [0.2, 0.25) is 0 Å². The van der Waals surface area contributed by atoms with E-state index < -0.39 is 0 Å². The summed E-state index contributed by atoms with van der Waals surface area (Å²) in [6.07, 6.45) is 1.74. The third kappa shape index (κ3) is 5.35. The first kappa shape index (κ1) is 35.6. The molecule has 0 bridgehead atoms. The average Bonchev–Trinajstić information content (AvgIpc) is 3.74. The molecule has 4 nitrogen and oxygen atoms in total. The second kappa shape index (κ2) is 13.3. The second-order valence-corrected chi connectivity index (χ2v) is 17.6. The highest BCUT2D eigenvalue weighted by Crippen LogP contribution is 2.55. The molecule has 59 heavy (non-hydrogen) atoms. The van der Waals surface area contributed by atoms with Crippen LogP contribution in [-0.4, -0.2) is 16.1 Å². The van der Waals surface area contributed by atoms with E-state index in [4.69, 9.17) is 14.4 Å². The minimum Gasteiger partial charge on any atom is -0.456 e. The van der Waals surface area contributed by atoms with Crippen LogP contribution in [0.5, 0.6) is 0 Å². The second-order valence-electron chi connectivity index (χ2n) is 17.6. The normalized spacial score (nSPS) is 18.4. The van der Waals surface area contributed by atoms with Crippen LogP contribution in [0.1, 0.15) is 81.3 Å². The van der Waals surface area contributed by atoms with E-state index in [-0.39, 0.29) is 22.8 Å². The lowest BCUT2D eigenvalue weighted by molar-refractivity contribution is 0.299. The monoisotopic (exact) mass is 765 g/mol. The summed E-state index contributed by atoms with van der Waals surface area (Å²) in [6, 6.07) is 57.1. The van der Waals surface area contributed by atoms with Crippen molar-refractivity contribution in [3.05, 3.63) is 186 Å². The molecule has 1 aliphatic heterocycles. The smallest absolute Gasteiger partial charge is 0.155 e. The number of aliphatic imine (C=N–C) groups is 2. The SMILES string of the molecule is CCC1CC(c2cccc(-n3c4ccccc4c4cc5c(cc43)C(C)(C)C(C)(C)c3ccccc3-5)c2)=NC(c2ccccc2)=NC1c1cccc2oc3ccccc3c12. The zero-order chi connectivity index (χ0) is 40.0. The summed E-state index contributed by atoms with van der Waals surface area (Å²) < 4.78 is 8.86. The van der Waals surface area contributed by atoms with Gasteiger partial charge in [0, 0.05) is 32.8 Å². The molecule has 0 saturated heterocycles. The summed E-state index contributed by atoms with van der Waals surface area (Å²) >= 11 is 0. The number of furan rings is 1. The van der Waals surface area contributed by atoms with Crippen molar-refractivity contribution in [2.75, 3.05) is 0 Å². The first-order valence-electron chi connectivity index (χ1n) is 21.1. The van der Waals surface area contributed by atoms with Gasteiger partial charge in [0.1, 0.15) is 11.2 Å². The van der Waals surface area contributed by atoms with Crippen LogP contribution < -0.4 is 0 Å². The van der Waals surface area contributed by atoms with Gasteiger partial charge < -0.3 is 8.98 Å². The quantitative estimate of drug-likeness (QED) is 0.172.